The molecule has 11 heteroatoms. The number of ether oxygens (including phenoxy) is 2. The Morgan fingerprint density at radius 3 is 2.29 bits per heavy atom. The Hall–Kier alpha value is -2.52. The van der Waals surface area contributed by atoms with Gasteiger partial charge in [-0.2, -0.15) is 0 Å². The van der Waals surface area contributed by atoms with Gasteiger partial charge in [0.25, 0.3) is 0 Å². The highest BCUT2D eigenvalue weighted by Gasteiger charge is 2.33. The highest BCUT2D eigenvalue weighted by Crippen LogP contribution is 2.48. The van der Waals surface area contributed by atoms with Crippen molar-refractivity contribution in [1.82, 2.24) is 5.32 Å². The molecule has 0 aromatic heterocycles. The predicted molar refractivity (Wildman–Crippen MR) is 180 cm³/mol. The molecule has 3 rings (SSSR count). The van der Waals surface area contributed by atoms with E-state index in [0.29, 0.717) is 37.3 Å². The van der Waals surface area contributed by atoms with E-state index >= 15 is 0 Å². The minimum Gasteiger partial charge on any atom is -0.489 e. The smallest absolute Gasteiger partial charge is 0.474 e. The van der Waals surface area contributed by atoms with E-state index in [1.807, 2.05) is 94.4 Å². The number of phosphoric ester groups is 1. The average molecular weight is 678 g/mol. The molecule has 8 nitrogen and oxygen atoms in total. The number of benzene rings is 3. The third-order valence-electron chi connectivity index (χ3n) is 7.14. The number of phosphoric acid groups is 1. The molecule has 1 amide bonds. The van der Waals surface area contributed by atoms with Gasteiger partial charge < -0.3 is 14.8 Å². The number of hydrogen-bond donors (Lipinski definition) is 1. The van der Waals surface area contributed by atoms with E-state index in [4.69, 9.17) is 34.6 Å². The maximum Gasteiger partial charge on any atom is 0.474 e. The molecule has 0 aliphatic carbocycles. The maximum absolute atomic E-state index is 12.8. The molecule has 0 bridgehead atoms. The van der Waals surface area contributed by atoms with Crippen LogP contribution in [0.5, 0.6) is 5.75 Å². The van der Waals surface area contributed by atoms with E-state index in [9.17, 15) is 9.36 Å². The van der Waals surface area contributed by atoms with Crippen LogP contribution in [-0.4, -0.2) is 38.1 Å². The van der Waals surface area contributed by atoms with Crippen molar-refractivity contribution in [1.29, 1.82) is 0 Å². The van der Waals surface area contributed by atoms with E-state index in [-0.39, 0.29) is 6.61 Å². The molecule has 0 fully saturated rings. The lowest BCUT2D eigenvalue weighted by molar-refractivity contribution is 0.0418. The predicted octanol–water partition coefficient (Wildman–Crippen LogP) is 9.87. The number of alkyl carbamates (subject to hydrolysis) is 1. The van der Waals surface area contributed by atoms with Crippen LogP contribution in [-0.2, 0) is 35.9 Å². The zero-order chi connectivity index (χ0) is 32.9. The van der Waals surface area contributed by atoms with Gasteiger partial charge in [0.05, 0.1) is 6.61 Å². The quantitative estimate of drug-likeness (QED) is 0.141. The highest BCUT2D eigenvalue weighted by atomic mass is 35.5. The van der Waals surface area contributed by atoms with Gasteiger partial charge >= 0.3 is 13.9 Å². The summed E-state index contributed by atoms with van der Waals surface area (Å²) in [5.74, 6) is 0.809. The second kappa shape index (κ2) is 17.4. The lowest BCUT2D eigenvalue weighted by Gasteiger charge is -2.35. The monoisotopic (exact) mass is 677 g/mol. The fraction of sp³-hybridized carbons (Fsp3) is 0.441. The van der Waals surface area contributed by atoms with Crippen LogP contribution in [0.4, 0.5) is 4.79 Å². The van der Waals surface area contributed by atoms with Crippen molar-refractivity contribution < 1.29 is 32.4 Å². The van der Waals surface area contributed by atoms with Gasteiger partial charge in [-0.25, -0.2) is 9.36 Å². The van der Waals surface area contributed by atoms with Crippen LogP contribution >= 0.6 is 31.2 Å². The molecule has 0 radical (unpaired) electrons. The molecule has 0 spiro atoms. The minimum absolute atomic E-state index is 0.0633. The summed E-state index contributed by atoms with van der Waals surface area (Å²) in [5.41, 5.74) is 0.824. The van der Waals surface area contributed by atoms with Crippen molar-refractivity contribution in [3.8, 4) is 5.75 Å². The van der Waals surface area contributed by atoms with Crippen LogP contribution in [0, 0.1) is 0 Å². The van der Waals surface area contributed by atoms with Crippen molar-refractivity contribution >= 4 is 37.3 Å². The molecule has 0 aliphatic rings. The van der Waals surface area contributed by atoms with Crippen LogP contribution in [0.15, 0.2) is 82.6 Å². The van der Waals surface area contributed by atoms with E-state index in [0.717, 1.165) is 33.1 Å². The first-order valence-corrected chi connectivity index (χ1v) is 17.6. The number of hydrogen-bond acceptors (Lipinski definition) is 8. The molecule has 246 valence electrons. The SMILES string of the molecule is CCC(CCCc1ccc(Sc2cccc(OCc3ccccc3)c2)cc1Cl)(CCOP(=O)(OC)OC)NC(=O)OC(C)(C)C. The lowest BCUT2D eigenvalue weighted by Crippen LogP contribution is -2.50. The van der Waals surface area contributed by atoms with Crippen molar-refractivity contribution in [3.63, 3.8) is 0 Å². The van der Waals surface area contributed by atoms with Gasteiger partial charge in [0.1, 0.15) is 18.0 Å². The summed E-state index contributed by atoms with van der Waals surface area (Å²) >= 11 is 8.37. The van der Waals surface area contributed by atoms with Gasteiger partial charge in [-0.1, -0.05) is 72.8 Å². The molecule has 1 atom stereocenters. The van der Waals surface area contributed by atoms with Gasteiger partial charge in [-0.3, -0.25) is 13.6 Å². The second-order valence-corrected chi connectivity index (χ2v) is 15.1. The minimum atomic E-state index is -3.65. The van der Waals surface area contributed by atoms with Gasteiger partial charge in [0, 0.05) is 34.6 Å². The molecular formula is C34H45ClNO7PS. The zero-order valence-electron chi connectivity index (χ0n) is 27.0. The summed E-state index contributed by atoms with van der Waals surface area (Å²) in [4.78, 5) is 14.9. The maximum atomic E-state index is 12.8. The Morgan fingerprint density at radius 2 is 1.64 bits per heavy atom. The standard InChI is InChI=1S/C34H45ClNO7PS/c1-7-34(36-32(37)43-33(2,3)4,21-22-42-44(38,39-5)40-6)20-12-15-27-18-19-30(24-31(27)35)45-29-17-11-16-28(23-29)41-25-26-13-9-8-10-14-26/h8-11,13-14,16-19,23-24H,7,12,15,20-22,25H2,1-6H3,(H,36,37). The number of aryl methyl sites for hydroxylation is 1. The molecule has 0 heterocycles. The molecule has 1 N–H and O–H groups in total. The van der Waals surface area contributed by atoms with E-state index in [1.165, 1.54) is 14.2 Å². The Kier molecular flexibility index (Phi) is 14.3. The van der Waals surface area contributed by atoms with Crippen molar-refractivity contribution in [2.45, 2.75) is 87.3 Å². The average Bonchev–Trinajstić information content (AvgIpc) is 3.00. The van der Waals surface area contributed by atoms with Gasteiger partial charge in [0.15, 0.2) is 0 Å². The summed E-state index contributed by atoms with van der Waals surface area (Å²) < 4.78 is 39.2. The van der Waals surface area contributed by atoms with Crippen LogP contribution in [0.2, 0.25) is 5.02 Å². The Morgan fingerprint density at radius 1 is 0.933 bits per heavy atom. The molecule has 3 aromatic carbocycles. The Labute approximate surface area is 277 Å². The molecule has 0 saturated heterocycles. The fourth-order valence-electron chi connectivity index (χ4n) is 4.66. The Bertz CT molecular complexity index is 1410. The van der Waals surface area contributed by atoms with E-state index in [1.54, 1.807) is 11.8 Å². The summed E-state index contributed by atoms with van der Waals surface area (Å²) in [7, 11) is -1.11. The van der Waals surface area contributed by atoms with E-state index < -0.39 is 25.1 Å². The van der Waals surface area contributed by atoms with Crippen LogP contribution in [0.3, 0.4) is 0 Å². The van der Waals surface area contributed by atoms with Crippen LogP contribution < -0.4 is 10.1 Å². The third-order valence-corrected chi connectivity index (χ3v) is 9.86. The van der Waals surface area contributed by atoms with Crippen molar-refractivity contribution in [3.05, 3.63) is 88.9 Å². The lowest BCUT2D eigenvalue weighted by atomic mass is 9.86. The van der Waals surface area contributed by atoms with Crippen LogP contribution in [0.25, 0.3) is 0 Å². The molecule has 0 aliphatic heterocycles. The van der Waals surface area contributed by atoms with E-state index in [2.05, 4.69) is 11.4 Å². The van der Waals surface area contributed by atoms with Crippen molar-refractivity contribution in [2.75, 3.05) is 20.8 Å². The summed E-state index contributed by atoms with van der Waals surface area (Å²) in [6.45, 7) is 8.01. The first kappa shape index (κ1) is 36.9. The second-order valence-electron chi connectivity index (χ2n) is 11.6. The Balaban J connectivity index is 1.62. The summed E-state index contributed by atoms with van der Waals surface area (Å²) in [6, 6.07) is 24.2. The zero-order valence-corrected chi connectivity index (χ0v) is 29.4. The molecule has 0 saturated carbocycles. The molecule has 1 unspecified atom stereocenters. The number of carbonyl (C=O) groups is 1. The third kappa shape index (κ3) is 12.7. The number of amides is 1. The number of nitrogens with one attached hydrogen (secondary N) is 1. The highest BCUT2D eigenvalue weighted by molar-refractivity contribution is 7.99. The molecular weight excluding hydrogens is 633 g/mol. The number of carbonyl (C=O) groups excluding carboxylic acids is 1. The van der Waals surface area contributed by atoms with Gasteiger partial charge in [0.2, 0.25) is 0 Å². The van der Waals surface area contributed by atoms with Crippen molar-refractivity contribution in [2.24, 2.45) is 0 Å². The normalized spacial score (nSPS) is 13.2. The fourth-order valence-corrected chi connectivity index (χ4v) is 6.58. The number of rotatable bonds is 17. The van der Waals surface area contributed by atoms with Gasteiger partial charge in [-0.05, 0) is 94.3 Å². The number of halogens is 1. The largest absolute Gasteiger partial charge is 0.489 e. The topological polar surface area (TPSA) is 92.3 Å². The van der Waals surface area contributed by atoms with Gasteiger partial charge in [-0.15, -0.1) is 0 Å². The first-order chi connectivity index (χ1) is 21.4. The molecule has 45 heavy (non-hydrogen) atoms. The van der Waals surface area contributed by atoms with Crippen LogP contribution in [0.1, 0.15) is 64.5 Å². The first-order valence-electron chi connectivity index (χ1n) is 15.0. The summed E-state index contributed by atoms with van der Waals surface area (Å²) in [6.07, 6.45) is 2.55. The molecule has 3 aromatic rings. The summed E-state index contributed by atoms with van der Waals surface area (Å²) in [5, 5.41) is 3.74.